The van der Waals surface area contributed by atoms with Gasteiger partial charge < -0.3 is 24.8 Å². The molecule has 1 saturated carbocycles. The van der Waals surface area contributed by atoms with E-state index >= 15 is 0 Å². The summed E-state index contributed by atoms with van der Waals surface area (Å²) >= 11 is -2.82. The van der Waals surface area contributed by atoms with Crippen LogP contribution in [0.2, 0.25) is 8.45 Å². The van der Waals surface area contributed by atoms with Crippen LogP contribution in [-0.4, -0.2) is 0 Å². The predicted molar refractivity (Wildman–Crippen MR) is 256 cm³/mol. The number of hydrogen-bond acceptors (Lipinski definition) is 0. The van der Waals surface area contributed by atoms with Gasteiger partial charge in [0, 0.05) is 0 Å². The van der Waals surface area contributed by atoms with Gasteiger partial charge in [0.25, 0.3) is 0 Å². The summed E-state index contributed by atoms with van der Waals surface area (Å²) in [4.78, 5) is 0. The first-order chi connectivity index (χ1) is 27.7. The van der Waals surface area contributed by atoms with Crippen LogP contribution in [0.1, 0.15) is 201 Å². The largest absolute Gasteiger partial charge is 1.00 e. The summed E-state index contributed by atoms with van der Waals surface area (Å²) in [5, 5.41) is 0. The summed E-state index contributed by atoms with van der Waals surface area (Å²) < 4.78 is 3.19. The van der Waals surface area contributed by atoms with Crippen LogP contribution in [0.5, 0.6) is 0 Å². The SMILES string of the molecule is CCCC1=Cc2c(-c3cc(C(C)(C)C)cc(C(C)(C)C)c3)cccc2[CH]1[Ti+2]1([CH]2C(CCC)=Cc3c(-c4cc(C(C)(C)C)cc(C(C)(C)C)c4)cccc32)[CH]2CCCC[CH]21.[Cl-].[Cl-]. The Morgan fingerprint density at radius 3 is 1.10 bits per heavy atom. The van der Waals surface area contributed by atoms with Crippen molar-refractivity contribution in [2.75, 3.05) is 0 Å². The van der Waals surface area contributed by atoms with Gasteiger partial charge in [0.05, 0.1) is 0 Å². The Hall–Kier alpha value is -2.35. The fraction of sp³-hybridized carbons (Fsp3) is 0.517. The minimum atomic E-state index is -2.82. The predicted octanol–water partition coefficient (Wildman–Crippen LogP) is 11.7. The van der Waals surface area contributed by atoms with Crippen LogP contribution in [0.15, 0.2) is 83.9 Å². The third-order valence-electron chi connectivity index (χ3n) is 15.3. The molecule has 8 rings (SSSR count). The van der Waals surface area contributed by atoms with Crippen molar-refractivity contribution >= 4 is 12.2 Å². The van der Waals surface area contributed by atoms with E-state index in [4.69, 9.17) is 0 Å². The number of rotatable bonds is 8. The summed E-state index contributed by atoms with van der Waals surface area (Å²) in [6.45, 7) is 33.4. The van der Waals surface area contributed by atoms with E-state index in [-0.39, 0.29) is 46.5 Å². The zero-order chi connectivity index (χ0) is 42.4. The monoisotopic (exact) mass is 890 g/mol. The van der Waals surface area contributed by atoms with Crippen molar-refractivity contribution in [1.82, 2.24) is 0 Å². The molecule has 4 aromatic rings. The second-order valence-corrected chi connectivity index (χ2v) is 30.8. The molecule has 4 unspecified atom stereocenters. The Kier molecular flexibility index (Phi) is 13.6. The molecular formula is C58H76Cl2Ti. The Morgan fingerprint density at radius 2 is 0.803 bits per heavy atom. The Balaban J connectivity index is 0.00000311. The molecule has 3 heteroatoms. The van der Waals surface area contributed by atoms with Gasteiger partial charge in [-0.1, -0.05) is 0 Å². The molecule has 0 N–H and O–H groups in total. The molecule has 1 heterocycles. The van der Waals surface area contributed by atoms with Crippen molar-refractivity contribution in [1.29, 1.82) is 0 Å². The summed E-state index contributed by atoms with van der Waals surface area (Å²) in [5.74, 6) is 0. The molecule has 1 saturated heterocycles. The molecule has 4 aromatic carbocycles. The van der Waals surface area contributed by atoms with Gasteiger partial charge in [-0.05, 0) is 0 Å². The molecule has 4 atom stereocenters. The molecule has 61 heavy (non-hydrogen) atoms. The standard InChI is InChI=1S/2C26H33.C6H10.2ClH.Ti/c2*1-8-10-18-13-19-11-9-12-23(24(19)14-18)20-15-21(25(2,3)4)17-22(16-20)26(5,6)7;1-2-4-6-5-3-1;;;/h2*9,11-17H,8,10H2,1-7H3;1-2H,3-6H2;2*1H;/q;;;;;+2/p-2. The third-order valence-corrected chi connectivity index (χ3v) is 26.1. The third kappa shape index (κ3) is 8.53. The van der Waals surface area contributed by atoms with Crippen LogP contribution in [0.25, 0.3) is 34.4 Å². The minimum absolute atomic E-state index is 0. The summed E-state index contributed by atoms with van der Waals surface area (Å²) in [5.41, 5.74) is 22.0. The molecule has 2 fully saturated rings. The fourth-order valence-corrected chi connectivity index (χ4v) is 26.3. The van der Waals surface area contributed by atoms with E-state index in [1.165, 1.54) is 95.9 Å². The molecule has 0 amide bonds. The first-order valence-electron chi connectivity index (χ1n) is 23.7. The average molecular weight is 892 g/mol. The molecule has 0 spiro atoms. The number of allylic oxidation sites excluding steroid dienone is 2. The van der Waals surface area contributed by atoms with Gasteiger partial charge in [-0.25, -0.2) is 0 Å². The summed E-state index contributed by atoms with van der Waals surface area (Å²) in [6.07, 6.45) is 16.2. The topological polar surface area (TPSA) is 0 Å². The van der Waals surface area contributed by atoms with Crippen LogP contribution in [0.3, 0.4) is 0 Å². The zero-order valence-corrected chi connectivity index (χ0v) is 43.4. The van der Waals surface area contributed by atoms with Gasteiger partial charge >= 0.3 is 366 Å². The van der Waals surface area contributed by atoms with E-state index in [1.54, 1.807) is 33.4 Å². The van der Waals surface area contributed by atoms with Crippen molar-refractivity contribution in [2.45, 2.75) is 187 Å². The van der Waals surface area contributed by atoms with Crippen molar-refractivity contribution in [3.8, 4) is 22.3 Å². The van der Waals surface area contributed by atoms with Crippen molar-refractivity contribution in [3.63, 3.8) is 0 Å². The molecule has 0 radical (unpaired) electrons. The molecule has 4 aliphatic rings. The maximum absolute atomic E-state index is 2.82. The summed E-state index contributed by atoms with van der Waals surface area (Å²) in [6, 6.07) is 30.2. The fourth-order valence-electron chi connectivity index (χ4n) is 12.2. The van der Waals surface area contributed by atoms with E-state index in [2.05, 4.69) is 182 Å². The second-order valence-electron chi connectivity index (χ2n) is 23.5. The van der Waals surface area contributed by atoms with E-state index in [9.17, 15) is 0 Å². The Morgan fingerprint density at radius 1 is 0.475 bits per heavy atom. The maximum Gasteiger partial charge on any atom is -1.00 e. The Labute approximate surface area is 388 Å². The molecule has 0 aromatic heterocycles. The van der Waals surface area contributed by atoms with E-state index < -0.39 is 16.6 Å². The molecule has 3 aliphatic carbocycles. The second kappa shape index (κ2) is 17.2. The summed E-state index contributed by atoms with van der Waals surface area (Å²) in [7, 11) is 0. The van der Waals surface area contributed by atoms with Crippen LogP contribution in [0, 0.1) is 0 Å². The smallest absolute Gasteiger partial charge is 1.00 e. The number of benzene rings is 4. The molecule has 0 nitrogen and oxygen atoms in total. The normalized spacial score (nSPS) is 22.2. The maximum atomic E-state index is 2.76. The van der Waals surface area contributed by atoms with Crippen LogP contribution < -0.4 is 24.8 Å². The quantitative estimate of drug-likeness (QED) is 0.155. The van der Waals surface area contributed by atoms with Crippen molar-refractivity contribution < 1.29 is 41.4 Å². The van der Waals surface area contributed by atoms with Gasteiger partial charge in [0.2, 0.25) is 0 Å². The van der Waals surface area contributed by atoms with Crippen LogP contribution in [0.4, 0.5) is 0 Å². The van der Waals surface area contributed by atoms with E-state index in [1.807, 2.05) is 0 Å². The van der Waals surface area contributed by atoms with Crippen molar-refractivity contribution in [3.05, 3.63) is 128 Å². The van der Waals surface area contributed by atoms with Crippen LogP contribution >= 0.6 is 0 Å². The molecule has 0 bridgehead atoms. The van der Waals surface area contributed by atoms with Gasteiger partial charge in [0.1, 0.15) is 0 Å². The number of fused-ring (bicyclic) bond motifs is 3. The van der Waals surface area contributed by atoms with Crippen molar-refractivity contribution in [2.24, 2.45) is 0 Å². The van der Waals surface area contributed by atoms with Gasteiger partial charge in [0.15, 0.2) is 0 Å². The first-order valence-corrected chi connectivity index (χ1v) is 27.3. The van der Waals surface area contributed by atoms with Gasteiger partial charge in [-0.15, -0.1) is 0 Å². The Bertz CT molecular complexity index is 2100. The number of halogens is 2. The minimum Gasteiger partial charge on any atom is -1.00 e. The first kappa shape index (κ1) is 48.1. The zero-order valence-electron chi connectivity index (χ0n) is 40.3. The molecule has 1 aliphatic heterocycles. The van der Waals surface area contributed by atoms with E-state index in [0.29, 0.717) is 8.45 Å². The number of hydrogen-bond donors (Lipinski definition) is 0. The average Bonchev–Trinajstić information content (AvgIpc) is 3.43. The van der Waals surface area contributed by atoms with E-state index in [0.717, 1.165) is 8.45 Å². The van der Waals surface area contributed by atoms with Crippen LogP contribution in [-0.2, 0) is 38.2 Å². The van der Waals surface area contributed by atoms with Gasteiger partial charge in [-0.3, -0.25) is 0 Å². The molecular weight excluding hydrogens is 815 g/mol. The van der Waals surface area contributed by atoms with Gasteiger partial charge in [-0.2, -0.15) is 0 Å². The molecule has 326 valence electrons.